The van der Waals surface area contributed by atoms with Crippen LogP contribution in [0.5, 0.6) is 0 Å². The minimum absolute atomic E-state index is 0.175. The molecule has 0 saturated heterocycles. The van der Waals surface area contributed by atoms with Crippen LogP contribution in [0.3, 0.4) is 0 Å². The summed E-state index contributed by atoms with van der Waals surface area (Å²) in [5.41, 5.74) is 13.1. The molecule has 0 aliphatic heterocycles. The quantitative estimate of drug-likeness (QED) is 0.172. The SMILES string of the molecule is [C-]#[N+]c1ccc(-n2c3ccccc3c3cc4c(cc32)C(C)(C)c2ccccc2-4)cc1-c1cc(C#N)cc([N+]#[C-])c1-n1c2ccccc2c2ccccc21. The second-order valence-electron chi connectivity index (χ2n) is 14.2. The molecule has 0 N–H and O–H groups in total. The van der Waals surface area contributed by atoms with Crippen LogP contribution in [0.15, 0.2) is 140 Å². The predicted molar refractivity (Wildman–Crippen MR) is 215 cm³/mol. The molecule has 2 aromatic heterocycles. The van der Waals surface area contributed by atoms with Gasteiger partial charge in [0.05, 0.1) is 47.0 Å². The molecule has 0 bridgehead atoms. The molecule has 5 heteroatoms. The van der Waals surface area contributed by atoms with Gasteiger partial charge < -0.3 is 9.13 Å². The van der Waals surface area contributed by atoms with E-state index in [0.29, 0.717) is 33.8 Å². The molecule has 53 heavy (non-hydrogen) atoms. The number of hydrogen-bond donors (Lipinski definition) is 0. The average molecular weight is 676 g/mol. The molecule has 9 aromatic rings. The van der Waals surface area contributed by atoms with Crippen LogP contribution in [0.25, 0.3) is 86.9 Å². The third-order valence-corrected chi connectivity index (χ3v) is 11.2. The van der Waals surface area contributed by atoms with Crippen molar-refractivity contribution in [3.63, 3.8) is 0 Å². The number of aromatic nitrogens is 2. The second kappa shape index (κ2) is 11.1. The largest absolute Gasteiger partial charge is 0.318 e. The van der Waals surface area contributed by atoms with Crippen LogP contribution < -0.4 is 0 Å². The Hall–Kier alpha value is -7.39. The smallest absolute Gasteiger partial charge is 0.212 e. The van der Waals surface area contributed by atoms with Gasteiger partial charge in [-0.25, -0.2) is 9.69 Å². The summed E-state index contributed by atoms with van der Waals surface area (Å²) in [5.74, 6) is 0. The summed E-state index contributed by atoms with van der Waals surface area (Å²) >= 11 is 0. The summed E-state index contributed by atoms with van der Waals surface area (Å²) in [4.78, 5) is 8.02. The monoisotopic (exact) mass is 675 g/mol. The molecule has 0 radical (unpaired) electrons. The van der Waals surface area contributed by atoms with Crippen molar-refractivity contribution < 1.29 is 0 Å². The number of nitrogens with zero attached hydrogens (tertiary/aromatic N) is 5. The number of benzene rings is 7. The number of para-hydroxylation sites is 3. The average Bonchev–Trinajstić information content (AvgIpc) is 3.79. The van der Waals surface area contributed by atoms with E-state index in [9.17, 15) is 5.26 Å². The fourth-order valence-corrected chi connectivity index (χ4v) is 8.79. The highest BCUT2D eigenvalue weighted by Crippen LogP contribution is 2.51. The van der Waals surface area contributed by atoms with E-state index < -0.39 is 0 Å². The van der Waals surface area contributed by atoms with Gasteiger partial charge in [0, 0.05) is 38.2 Å². The Bertz CT molecular complexity index is 3130. The maximum absolute atomic E-state index is 10.2. The Morgan fingerprint density at radius 3 is 1.77 bits per heavy atom. The van der Waals surface area contributed by atoms with E-state index in [2.05, 4.69) is 130 Å². The van der Waals surface area contributed by atoms with Gasteiger partial charge in [0.2, 0.25) is 5.69 Å². The topological polar surface area (TPSA) is 42.4 Å². The van der Waals surface area contributed by atoms with Gasteiger partial charge in [-0.15, -0.1) is 0 Å². The zero-order chi connectivity index (χ0) is 36.0. The van der Waals surface area contributed by atoms with Crippen molar-refractivity contribution in [2.24, 2.45) is 0 Å². The summed E-state index contributed by atoms with van der Waals surface area (Å²) in [7, 11) is 0. The molecular formula is C48H29N5. The maximum atomic E-state index is 10.2. The van der Waals surface area contributed by atoms with E-state index in [1.54, 1.807) is 6.07 Å². The minimum atomic E-state index is -0.175. The van der Waals surface area contributed by atoms with Gasteiger partial charge in [-0.05, 0) is 88.0 Å². The van der Waals surface area contributed by atoms with Crippen molar-refractivity contribution in [2.45, 2.75) is 19.3 Å². The van der Waals surface area contributed by atoms with Crippen LogP contribution >= 0.6 is 0 Å². The molecule has 1 aliphatic carbocycles. The highest BCUT2D eigenvalue weighted by Gasteiger charge is 2.36. The molecule has 0 atom stereocenters. The molecule has 7 aromatic carbocycles. The van der Waals surface area contributed by atoms with E-state index in [4.69, 9.17) is 13.1 Å². The first-order chi connectivity index (χ1) is 25.9. The molecule has 0 unspecified atom stereocenters. The predicted octanol–water partition coefficient (Wildman–Crippen LogP) is 12.8. The molecule has 0 amide bonds. The normalized spacial score (nSPS) is 12.8. The second-order valence-corrected chi connectivity index (χ2v) is 14.2. The summed E-state index contributed by atoms with van der Waals surface area (Å²) in [6.45, 7) is 21.3. The van der Waals surface area contributed by atoms with E-state index in [1.807, 2.05) is 42.5 Å². The molecule has 1 aliphatic rings. The third-order valence-electron chi connectivity index (χ3n) is 11.2. The Balaban J connectivity index is 1.29. The van der Waals surface area contributed by atoms with Crippen molar-refractivity contribution in [1.82, 2.24) is 9.13 Å². The molecule has 5 nitrogen and oxygen atoms in total. The van der Waals surface area contributed by atoms with Gasteiger partial charge in [-0.2, -0.15) is 5.26 Å². The van der Waals surface area contributed by atoms with Gasteiger partial charge in [0.25, 0.3) is 0 Å². The summed E-state index contributed by atoms with van der Waals surface area (Å²) in [6, 6.07) is 50.0. The lowest BCUT2D eigenvalue weighted by atomic mass is 9.82. The lowest BCUT2D eigenvalue weighted by molar-refractivity contribution is 0.661. The molecule has 0 spiro atoms. The van der Waals surface area contributed by atoms with E-state index in [0.717, 1.165) is 49.3 Å². The molecule has 2 heterocycles. The number of nitriles is 1. The van der Waals surface area contributed by atoms with Crippen LogP contribution in [0.4, 0.5) is 11.4 Å². The van der Waals surface area contributed by atoms with Gasteiger partial charge in [0.1, 0.15) is 0 Å². The molecule has 0 fully saturated rings. The summed E-state index contributed by atoms with van der Waals surface area (Å²) < 4.78 is 4.42. The third kappa shape index (κ3) is 4.16. The lowest BCUT2D eigenvalue weighted by Crippen LogP contribution is -2.14. The van der Waals surface area contributed by atoms with Gasteiger partial charge in [0.15, 0.2) is 5.69 Å². The molecule has 246 valence electrons. The maximum Gasteiger partial charge on any atom is 0.212 e. The number of rotatable bonds is 3. The molecule has 0 saturated carbocycles. The van der Waals surface area contributed by atoms with Crippen LogP contribution in [0, 0.1) is 24.5 Å². The highest BCUT2D eigenvalue weighted by molar-refractivity contribution is 6.13. The standard InChI is InChI=1S/C48H29N5/c1-48(2)39-17-9-5-13-31(39)35-26-37-34-16-8-10-18-43(34)52(46(37)27-40(35)48)30-21-22-41(50-3)36(25-30)38-23-29(28-49)24-42(51-4)47(38)53-44-19-11-6-14-32(44)33-15-7-12-20-45(33)53/h5-27H,1-2H3. The van der Waals surface area contributed by atoms with Crippen molar-refractivity contribution in [2.75, 3.05) is 0 Å². The number of fused-ring (bicyclic) bond motifs is 9. The summed E-state index contributed by atoms with van der Waals surface area (Å²) in [6.07, 6.45) is 0. The fourth-order valence-electron chi connectivity index (χ4n) is 8.79. The van der Waals surface area contributed by atoms with E-state index >= 15 is 0 Å². The zero-order valence-electron chi connectivity index (χ0n) is 29.0. The molecule has 10 rings (SSSR count). The zero-order valence-corrected chi connectivity index (χ0v) is 29.0. The Labute approximate surface area is 306 Å². The van der Waals surface area contributed by atoms with E-state index in [-0.39, 0.29) is 5.41 Å². The fraction of sp³-hybridized carbons (Fsp3) is 0.0625. The first kappa shape index (κ1) is 30.4. The van der Waals surface area contributed by atoms with E-state index in [1.165, 1.54) is 22.3 Å². The van der Waals surface area contributed by atoms with Gasteiger partial charge in [-0.1, -0.05) is 98.8 Å². The lowest BCUT2D eigenvalue weighted by Gasteiger charge is -2.22. The van der Waals surface area contributed by atoms with Crippen molar-refractivity contribution in [3.8, 4) is 39.7 Å². The highest BCUT2D eigenvalue weighted by atomic mass is 15.0. The van der Waals surface area contributed by atoms with Crippen LogP contribution in [0.1, 0.15) is 30.5 Å². The summed E-state index contributed by atoms with van der Waals surface area (Å²) in [5, 5.41) is 14.7. The minimum Gasteiger partial charge on any atom is -0.318 e. The van der Waals surface area contributed by atoms with Crippen molar-refractivity contribution in [3.05, 3.63) is 179 Å². The Morgan fingerprint density at radius 2 is 1.11 bits per heavy atom. The Morgan fingerprint density at radius 1 is 0.509 bits per heavy atom. The first-order valence-electron chi connectivity index (χ1n) is 17.6. The van der Waals surface area contributed by atoms with Crippen LogP contribution in [-0.2, 0) is 5.41 Å². The first-order valence-corrected chi connectivity index (χ1v) is 17.6. The van der Waals surface area contributed by atoms with Crippen molar-refractivity contribution in [1.29, 1.82) is 5.26 Å². The van der Waals surface area contributed by atoms with Gasteiger partial charge >= 0.3 is 0 Å². The number of hydrogen-bond acceptors (Lipinski definition) is 1. The van der Waals surface area contributed by atoms with Crippen LogP contribution in [0.2, 0.25) is 0 Å². The van der Waals surface area contributed by atoms with Crippen molar-refractivity contribution >= 4 is 55.0 Å². The molecular weight excluding hydrogens is 647 g/mol. The van der Waals surface area contributed by atoms with Gasteiger partial charge in [-0.3, -0.25) is 0 Å². The Kier molecular flexibility index (Phi) is 6.35. The van der Waals surface area contributed by atoms with Crippen LogP contribution in [-0.4, -0.2) is 9.13 Å².